The zero-order valence-corrected chi connectivity index (χ0v) is 13.6. The Kier molecular flexibility index (Phi) is 3.36. The van der Waals surface area contributed by atoms with Crippen LogP contribution in [-0.4, -0.2) is 11.9 Å². The summed E-state index contributed by atoms with van der Waals surface area (Å²) in [6, 6.07) is 4.42. The topological polar surface area (TPSA) is 29.1 Å². The number of carbonyl (C=O) groups is 1. The maximum Gasteiger partial charge on any atom is 0.225 e. The maximum absolute atomic E-state index is 12.3. The number of thiophene rings is 1. The van der Waals surface area contributed by atoms with E-state index in [0.29, 0.717) is 17.9 Å². The van der Waals surface area contributed by atoms with Crippen LogP contribution in [0.5, 0.6) is 0 Å². The molecule has 1 N–H and O–H groups in total. The highest BCUT2D eigenvalue weighted by atomic mass is 32.1. The van der Waals surface area contributed by atoms with Gasteiger partial charge in [0.25, 0.3) is 0 Å². The van der Waals surface area contributed by atoms with E-state index in [1.165, 1.54) is 43.4 Å². The summed E-state index contributed by atoms with van der Waals surface area (Å²) in [7, 11) is 0. The number of hydrogen-bond donors (Lipinski definition) is 1. The fourth-order valence-electron chi connectivity index (χ4n) is 5.72. The predicted molar refractivity (Wildman–Crippen MR) is 86.2 cm³/mol. The molecule has 1 atom stereocenters. The fourth-order valence-corrected chi connectivity index (χ4v) is 6.43. The van der Waals surface area contributed by atoms with E-state index in [4.69, 9.17) is 0 Å². The average molecular weight is 303 g/mol. The summed E-state index contributed by atoms with van der Waals surface area (Å²) in [5, 5.41) is 5.39. The van der Waals surface area contributed by atoms with Crippen LogP contribution in [0.15, 0.2) is 17.5 Å². The summed E-state index contributed by atoms with van der Waals surface area (Å²) < 4.78 is 0. The Labute approximate surface area is 131 Å². The van der Waals surface area contributed by atoms with Gasteiger partial charge in [-0.1, -0.05) is 6.07 Å². The molecule has 2 nitrogen and oxygen atoms in total. The van der Waals surface area contributed by atoms with Crippen molar-refractivity contribution in [3.63, 3.8) is 0 Å². The first-order valence-corrected chi connectivity index (χ1v) is 9.33. The van der Waals surface area contributed by atoms with Crippen molar-refractivity contribution in [2.75, 3.05) is 0 Å². The van der Waals surface area contributed by atoms with Gasteiger partial charge in [0.05, 0.1) is 6.42 Å². The lowest BCUT2D eigenvalue weighted by molar-refractivity contribution is -0.125. The molecular weight excluding hydrogens is 278 g/mol. The fraction of sp³-hybridized carbons (Fsp3) is 0.722. The molecule has 4 saturated carbocycles. The SMILES string of the molecule is C[C@@H](NC(=O)Cc1cccs1)C12CC3CC(CC(C3)C1)C2. The molecule has 3 heteroatoms. The van der Waals surface area contributed by atoms with Crippen molar-refractivity contribution in [2.45, 2.75) is 57.9 Å². The highest BCUT2D eigenvalue weighted by molar-refractivity contribution is 7.10. The lowest BCUT2D eigenvalue weighted by Crippen LogP contribution is -2.56. The minimum absolute atomic E-state index is 0.209. The van der Waals surface area contributed by atoms with Gasteiger partial charge < -0.3 is 5.32 Å². The molecule has 0 saturated heterocycles. The minimum Gasteiger partial charge on any atom is -0.353 e. The van der Waals surface area contributed by atoms with Gasteiger partial charge in [-0.3, -0.25) is 4.79 Å². The second-order valence-electron chi connectivity index (χ2n) is 7.83. The van der Waals surface area contributed by atoms with E-state index in [1.54, 1.807) is 11.3 Å². The van der Waals surface area contributed by atoms with Crippen LogP contribution >= 0.6 is 11.3 Å². The van der Waals surface area contributed by atoms with E-state index in [-0.39, 0.29) is 5.91 Å². The second kappa shape index (κ2) is 5.12. The van der Waals surface area contributed by atoms with Gasteiger partial charge >= 0.3 is 0 Å². The van der Waals surface area contributed by atoms with E-state index in [2.05, 4.69) is 18.3 Å². The Morgan fingerprint density at radius 2 is 1.90 bits per heavy atom. The summed E-state index contributed by atoms with van der Waals surface area (Å²) in [6.45, 7) is 2.26. The Hall–Kier alpha value is -0.830. The zero-order valence-electron chi connectivity index (χ0n) is 12.8. The van der Waals surface area contributed by atoms with Crippen molar-refractivity contribution >= 4 is 17.2 Å². The summed E-state index contributed by atoms with van der Waals surface area (Å²) in [4.78, 5) is 13.5. The highest BCUT2D eigenvalue weighted by Crippen LogP contribution is 2.61. The molecule has 114 valence electrons. The largest absolute Gasteiger partial charge is 0.353 e. The maximum atomic E-state index is 12.3. The summed E-state index contributed by atoms with van der Waals surface area (Å²) >= 11 is 1.68. The van der Waals surface area contributed by atoms with Gasteiger partial charge in [-0.05, 0) is 80.1 Å². The third-order valence-corrected chi connectivity index (χ3v) is 7.17. The average Bonchev–Trinajstić information content (AvgIpc) is 2.89. The molecule has 5 rings (SSSR count). The molecule has 1 amide bonds. The van der Waals surface area contributed by atoms with E-state index in [0.717, 1.165) is 17.8 Å². The van der Waals surface area contributed by atoms with Gasteiger partial charge in [0.2, 0.25) is 5.91 Å². The summed E-state index contributed by atoms with van der Waals surface area (Å²) in [5.41, 5.74) is 0.417. The standard InChI is InChI=1S/C18H25NOS/c1-12(19-17(20)8-16-3-2-4-21-16)18-9-13-5-14(10-18)7-15(6-13)11-18/h2-4,12-15H,5-11H2,1H3,(H,19,20)/t12-,13?,14?,15?,18?/m1/s1. The molecule has 1 heterocycles. The van der Waals surface area contributed by atoms with Crippen LogP contribution < -0.4 is 5.32 Å². The van der Waals surface area contributed by atoms with Crippen LogP contribution in [0.4, 0.5) is 0 Å². The van der Waals surface area contributed by atoms with Gasteiger partial charge in [-0.25, -0.2) is 0 Å². The molecule has 4 fully saturated rings. The summed E-state index contributed by atoms with van der Waals surface area (Å²) in [5.74, 6) is 3.06. The number of carbonyl (C=O) groups excluding carboxylic acids is 1. The van der Waals surface area contributed by atoms with Crippen molar-refractivity contribution in [1.29, 1.82) is 0 Å². The zero-order chi connectivity index (χ0) is 14.4. The normalized spacial score (nSPS) is 38.4. The van der Waals surface area contributed by atoms with E-state index >= 15 is 0 Å². The van der Waals surface area contributed by atoms with Crippen molar-refractivity contribution in [3.8, 4) is 0 Å². The van der Waals surface area contributed by atoms with E-state index in [1.807, 2.05) is 11.4 Å². The van der Waals surface area contributed by atoms with Gasteiger partial charge in [0, 0.05) is 10.9 Å². The molecule has 0 aliphatic heterocycles. The third kappa shape index (κ3) is 2.54. The summed E-state index contributed by atoms with van der Waals surface area (Å²) in [6.07, 6.45) is 9.03. The van der Waals surface area contributed by atoms with Crippen LogP contribution in [0.2, 0.25) is 0 Å². The highest BCUT2D eigenvalue weighted by Gasteiger charge is 2.53. The van der Waals surface area contributed by atoms with Crippen LogP contribution in [0.25, 0.3) is 0 Å². The quantitative estimate of drug-likeness (QED) is 0.894. The third-order valence-electron chi connectivity index (χ3n) is 6.30. The molecule has 0 spiro atoms. The van der Waals surface area contributed by atoms with Gasteiger partial charge in [-0.2, -0.15) is 0 Å². The Morgan fingerprint density at radius 3 is 2.43 bits per heavy atom. The van der Waals surface area contributed by atoms with E-state index < -0.39 is 0 Å². The number of rotatable bonds is 4. The number of hydrogen-bond acceptors (Lipinski definition) is 2. The predicted octanol–water partition coefficient (Wildman–Crippen LogP) is 4.01. The number of amides is 1. The van der Waals surface area contributed by atoms with Crippen molar-refractivity contribution in [1.82, 2.24) is 5.32 Å². The molecule has 0 unspecified atom stereocenters. The molecular formula is C18H25NOS. The van der Waals surface area contributed by atoms with Crippen LogP contribution in [0.3, 0.4) is 0 Å². The van der Waals surface area contributed by atoms with E-state index in [9.17, 15) is 4.79 Å². The molecule has 21 heavy (non-hydrogen) atoms. The molecule has 4 bridgehead atoms. The minimum atomic E-state index is 0.209. The molecule has 4 aliphatic rings. The first-order chi connectivity index (χ1) is 10.1. The lowest BCUT2D eigenvalue weighted by atomic mass is 9.48. The Balaban J connectivity index is 1.42. The molecule has 0 aromatic carbocycles. The van der Waals surface area contributed by atoms with Crippen molar-refractivity contribution < 1.29 is 4.79 Å². The Morgan fingerprint density at radius 1 is 1.29 bits per heavy atom. The number of nitrogens with one attached hydrogen (secondary N) is 1. The van der Waals surface area contributed by atoms with Crippen LogP contribution in [-0.2, 0) is 11.2 Å². The lowest BCUT2D eigenvalue weighted by Gasteiger charge is -2.59. The van der Waals surface area contributed by atoms with Crippen LogP contribution in [0, 0.1) is 23.2 Å². The molecule has 4 aliphatic carbocycles. The van der Waals surface area contributed by atoms with Gasteiger partial charge in [0.1, 0.15) is 0 Å². The van der Waals surface area contributed by atoms with Gasteiger partial charge in [-0.15, -0.1) is 11.3 Å². The molecule has 0 radical (unpaired) electrons. The van der Waals surface area contributed by atoms with Crippen molar-refractivity contribution in [2.24, 2.45) is 23.2 Å². The van der Waals surface area contributed by atoms with Crippen molar-refractivity contribution in [3.05, 3.63) is 22.4 Å². The molecule has 1 aromatic rings. The first-order valence-electron chi connectivity index (χ1n) is 8.45. The van der Waals surface area contributed by atoms with Crippen LogP contribution in [0.1, 0.15) is 50.3 Å². The smallest absolute Gasteiger partial charge is 0.225 e. The Bertz CT molecular complexity index is 486. The second-order valence-corrected chi connectivity index (χ2v) is 8.86. The molecule has 1 aromatic heterocycles. The first kappa shape index (κ1) is 13.8. The monoisotopic (exact) mass is 303 g/mol. The van der Waals surface area contributed by atoms with Gasteiger partial charge in [0.15, 0.2) is 0 Å².